The van der Waals surface area contributed by atoms with Gasteiger partial charge in [0.15, 0.2) is 0 Å². The highest BCUT2D eigenvalue weighted by atomic mass is 32.1. The highest BCUT2D eigenvalue weighted by Crippen LogP contribution is 2.44. The van der Waals surface area contributed by atoms with Gasteiger partial charge in [0, 0.05) is 37.2 Å². The van der Waals surface area contributed by atoms with Crippen molar-refractivity contribution >= 4 is 91.7 Å². The van der Waals surface area contributed by atoms with Crippen LogP contribution in [-0.2, 0) is 0 Å². The fourth-order valence-electron chi connectivity index (χ4n) is 9.29. The number of hydrogen-bond donors (Lipinski definition) is 0. The molecule has 0 radical (unpaired) electrons. The molecular formula is C58H37NS. The standard InChI is InChI=1S/C58H37NS/c1-2-13-42-35-43(22-21-38(42)11-1)39-23-28-45(29-24-39)59(47-32-34-57-56(37-47)54-33-27-40-12-3-6-17-50(40)58(54)60-57)46-30-25-41(26-31-46)48-15-7-8-19-52(48)55-36-44-14-4-5-16-49(44)51-18-9-10-20-53(51)55/h1-37H. The fraction of sp³-hybridized carbons (Fsp3) is 0. The third kappa shape index (κ3) is 5.76. The van der Waals surface area contributed by atoms with Gasteiger partial charge in [-0.05, 0) is 131 Å². The van der Waals surface area contributed by atoms with Crippen molar-refractivity contribution in [2.45, 2.75) is 0 Å². The van der Waals surface area contributed by atoms with Gasteiger partial charge in [-0.15, -0.1) is 11.3 Å². The minimum Gasteiger partial charge on any atom is -0.310 e. The smallest absolute Gasteiger partial charge is 0.0468 e. The molecule has 1 nitrogen and oxygen atoms in total. The molecule has 0 saturated carbocycles. The van der Waals surface area contributed by atoms with Crippen LogP contribution in [0.2, 0.25) is 0 Å². The van der Waals surface area contributed by atoms with E-state index >= 15 is 0 Å². The van der Waals surface area contributed by atoms with E-state index in [2.05, 4.69) is 229 Å². The van der Waals surface area contributed by atoms with Crippen LogP contribution < -0.4 is 4.90 Å². The van der Waals surface area contributed by atoms with E-state index in [9.17, 15) is 0 Å². The first kappa shape index (κ1) is 34.5. The number of nitrogens with zero attached hydrogens (tertiary/aromatic N) is 1. The molecule has 0 N–H and O–H groups in total. The van der Waals surface area contributed by atoms with Crippen LogP contribution in [0.25, 0.3) is 96.6 Å². The van der Waals surface area contributed by atoms with Crippen LogP contribution in [0.3, 0.4) is 0 Å². The molecule has 12 aromatic rings. The van der Waals surface area contributed by atoms with E-state index < -0.39 is 0 Å². The van der Waals surface area contributed by atoms with E-state index in [-0.39, 0.29) is 0 Å². The van der Waals surface area contributed by atoms with E-state index in [0.717, 1.165) is 17.1 Å². The van der Waals surface area contributed by atoms with Gasteiger partial charge in [0.1, 0.15) is 0 Å². The average molecular weight is 780 g/mol. The van der Waals surface area contributed by atoms with Crippen LogP contribution in [0.4, 0.5) is 17.1 Å². The summed E-state index contributed by atoms with van der Waals surface area (Å²) in [7, 11) is 0. The van der Waals surface area contributed by atoms with Gasteiger partial charge in [0.2, 0.25) is 0 Å². The lowest BCUT2D eigenvalue weighted by molar-refractivity contribution is 1.29. The van der Waals surface area contributed by atoms with E-state index in [1.807, 2.05) is 11.3 Å². The Morgan fingerprint density at radius 1 is 0.267 bits per heavy atom. The predicted molar refractivity (Wildman–Crippen MR) is 260 cm³/mol. The number of hydrogen-bond acceptors (Lipinski definition) is 2. The summed E-state index contributed by atoms with van der Waals surface area (Å²) in [6.07, 6.45) is 0. The topological polar surface area (TPSA) is 3.24 Å². The zero-order valence-electron chi connectivity index (χ0n) is 32.7. The second-order valence-corrected chi connectivity index (χ2v) is 16.7. The molecule has 0 bridgehead atoms. The van der Waals surface area contributed by atoms with Crippen LogP contribution in [0.5, 0.6) is 0 Å². The number of benzene rings is 11. The zero-order chi connectivity index (χ0) is 39.6. The van der Waals surface area contributed by atoms with Gasteiger partial charge < -0.3 is 4.90 Å². The molecule has 2 heteroatoms. The molecule has 0 saturated heterocycles. The van der Waals surface area contributed by atoms with Crippen molar-refractivity contribution in [3.05, 3.63) is 224 Å². The molecule has 1 aromatic heterocycles. The van der Waals surface area contributed by atoms with Gasteiger partial charge in [0.05, 0.1) is 0 Å². The van der Waals surface area contributed by atoms with Crippen molar-refractivity contribution in [2.75, 3.05) is 4.90 Å². The molecule has 0 fully saturated rings. The van der Waals surface area contributed by atoms with E-state index in [1.165, 1.54) is 96.6 Å². The first-order valence-corrected chi connectivity index (χ1v) is 21.4. The zero-order valence-corrected chi connectivity index (χ0v) is 33.5. The Labute approximate surface area is 352 Å². The van der Waals surface area contributed by atoms with Gasteiger partial charge in [-0.2, -0.15) is 0 Å². The summed E-state index contributed by atoms with van der Waals surface area (Å²) in [6, 6.07) is 82.5. The van der Waals surface area contributed by atoms with Gasteiger partial charge >= 0.3 is 0 Å². The normalized spacial score (nSPS) is 11.7. The molecule has 0 atom stereocenters. The van der Waals surface area contributed by atoms with Crippen molar-refractivity contribution in [1.82, 2.24) is 0 Å². The maximum absolute atomic E-state index is 2.40. The SMILES string of the molecule is c1ccc(-c2cc3ccccc3c3ccccc23)c(-c2ccc(N(c3ccc(-c4ccc5ccccc5c4)cc3)c3ccc4sc5c6ccccc6ccc5c4c3)cc2)c1. The third-order valence-corrected chi connectivity index (χ3v) is 13.5. The quantitative estimate of drug-likeness (QED) is 0.152. The Morgan fingerprint density at radius 3 is 1.62 bits per heavy atom. The van der Waals surface area contributed by atoms with Gasteiger partial charge in [-0.3, -0.25) is 0 Å². The summed E-state index contributed by atoms with van der Waals surface area (Å²) in [6.45, 7) is 0. The second-order valence-electron chi connectivity index (χ2n) is 15.7. The summed E-state index contributed by atoms with van der Waals surface area (Å²) in [5.74, 6) is 0. The number of thiophene rings is 1. The molecule has 60 heavy (non-hydrogen) atoms. The monoisotopic (exact) mass is 779 g/mol. The molecule has 0 aliphatic rings. The van der Waals surface area contributed by atoms with Crippen molar-refractivity contribution < 1.29 is 0 Å². The first-order chi connectivity index (χ1) is 29.7. The third-order valence-electron chi connectivity index (χ3n) is 12.2. The highest BCUT2D eigenvalue weighted by Gasteiger charge is 2.18. The fourth-order valence-corrected chi connectivity index (χ4v) is 10.5. The number of fused-ring (bicyclic) bond motifs is 9. The van der Waals surface area contributed by atoms with E-state index in [0.29, 0.717) is 0 Å². The molecule has 0 spiro atoms. The maximum atomic E-state index is 2.40. The summed E-state index contributed by atoms with van der Waals surface area (Å²) < 4.78 is 2.64. The summed E-state index contributed by atoms with van der Waals surface area (Å²) in [5, 5.41) is 12.8. The lowest BCUT2D eigenvalue weighted by atomic mass is 9.89. The minimum atomic E-state index is 1.11. The van der Waals surface area contributed by atoms with Crippen LogP contribution in [-0.4, -0.2) is 0 Å². The summed E-state index contributed by atoms with van der Waals surface area (Å²) in [5.41, 5.74) is 10.6. The van der Waals surface area contributed by atoms with Gasteiger partial charge in [0.25, 0.3) is 0 Å². The van der Waals surface area contributed by atoms with E-state index in [1.54, 1.807) is 0 Å². The van der Waals surface area contributed by atoms with Crippen molar-refractivity contribution in [3.63, 3.8) is 0 Å². The number of anilines is 3. The van der Waals surface area contributed by atoms with Crippen LogP contribution in [0, 0.1) is 0 Å². The molecule has 0 amide bonds. The molecule has 11 aromatic carbocycles. The molecule has 280 valence electrons. The lowest BCUT2D eigenvalue weighted by Crippen LogP contribution is -2.09. The molecular weight excluding hydrogens is 743 g/mol. The Morgan fingerprint density at radius 2 is 0.833 bits per heavy atom. The Kier molecular flexibility index (Phi) is 8.11. The Balaban J connectivity index is 0.985. The Bertz CT molecular complexity index is 3600. The molecule has 0 unspecified atom stereocenters. The van der Waals surface area contributed by atoms with E-state index in [4.69, 9.17) is 0 Å². The molecule has 1 heterocycles. The molecule has 0 aliphatic carbocycles. The Hall–Kier alpha value is -7.52. The highest BCUT2D eigenvalue weighted by molar-refractivity contribution is 7.26. The summed E-state index contributed by atoms with van der Waals surface area (Å²) >= 11 is 1.89. The average Bonchev–Trinajstić information content (AvgIpc) is 3.70. The van der Waals surface area contributed by atoms with Crippen molar-refractivity contribution in [3.8, 4) is 33.4 Å². The maximum Gasteiger partial charge on any atom is 0.0468 e. The first-order valence-electron chi connectivity index (χ1n) is 20.6. The lowest BCUT2D eigenvalue weighted by Gasteiger charge is -2.26. The summed E-state index contributed by atoms with van der Waals surface area (Å²) in [4.78, 5) is 2.40. The largest absolute Gasteiger partial charge is 0.310 e. The van der Waals surface area contributed by atoms with Crippen molar-refractivity contribution in [1.29, 1.82) is 0 Å². The molecule has 0 aliphatic heterocycles. The van der Waals surface area contributed by atoms with Crippen LogP contribution in [0.15, 0.2) is 224 Å². The minimum absolute atomic E-state index is 1.11. The predicted octanol–water partition coefficient (Wildman–Crippen LogP) is 17.1. The second kappa shape index (κ2) is 14.1. The van der Waals surface area contributed by atoms with Gasteiger partial charge in [-0.1, -0.05) is 170 Å². The van der Waals surface area contributed by atoms with Crippen molar-refractivity contribution in [2.24, 2.45) is 0 Å². The molecule has 12 rings (SSSR count). The number of rotatable bonds is 6. The van der Waals surface area contributed by atoms with Crippen LogP contribution in [0.1, 0.15) is 0 Å². The van der Waals surface area contributed by atoms with Crippen LogP contribution >= 0.6 is 11.3 Å². The van der Waals surface area contributed by atoms with Gasteiger partial charge in [-0.25, -0.2) is 0 Å².